The molecule has 3 heteroatoms. The summed E-state index contributed by atoms with van der Waals surface area (Å²) in [6.45, 7) is 0. The minimum atomic E-state index is -3.05. The second-order valence-electron chi connectivity index (χ2n) is 18.9. The van der Waals surface area contributed by atoms with E-state index in [2.05, 4.69) is 158 Å². The van der Waals surface area contributed by atoms with Crippen molar-refractivity contribution in [1.82, 2.24) is 0 Å². The molecule has 8 aromatic carbocycles. The maximum Gasteiger partial charge on any atom is -1.00 e. The van der Waals surface area contributed by atoms with Crippen LogP contribution in [0.25, 0.3) is 77.5 Å². The van der Waals surface area contributed by atoms with Gasteiger partial charge in [0.15, 0.2) is 0 Å². The van der Waals surface area contributed by atoms with Crippen molar-refractivity contribution >= 4 is 55.2 Å². The van der Waals surface area contributed by atoms with Crippen molar-refractivity contribution in [2.75, 3.05) is 0 Å². The standard InChI is InChI=1S/2C28H23.C2H4.2ClH.Zr/c2*1-2-9-19(8-1)23-17-22-12-7-15-26(27(22)18-23)28-24-13-5-3-10-20(24)16-21-11-4-6-14-25(21)28;1-2;;;/h2*3-7,10-19H,1-2,8-9H2;1-2H2;2*1H;/q;;;;;+2/p-2. The fourth-order valence-electron chi connectivity index (χ4n) is 13.3. The molecule has 13 rings (SSSR count). The van der Waals surface area contributed by atoms with Crippen molar-refractivity contribution in [3.8, 4) is 22.3 Å². The molecule has 0 nitrogen and oxygen atoms in total. The maximum atomic E-state index is 2.81. The summed E-state index contributed by atoms with van der Waals surface area (Å²) in [7, 11) is 0. The van der Waals surface area contributed by atoms with Gasteiger partial charge in [0.1, 0.15) is 0 Å². The van der Waals surface area contributed by atoms with Gasteiger partial charge >= 0.3 is 355 Å². The second-order valence-corrected chi connectivity index (χ2v) is 30.2. The molecule has 4 aliphatic carbocycles. The molecule has 1 aliphatic heterocycles. The summed E-state index contributed by atoms with van der Waals surface area (Å²) in [5.74, 6) is 1.46. The Balaban J connectivity index is 0.00000210. The van der Waals surface area contributed by atoms with Crippen molar-refractivity contribution in [1.29, 1.82) is 0 Å². The first-order valence-electron chi connectivity index (χ1n) is 22.8. The van der Waals surface area contributed by atoms with Crippen LogP contribution in [0.3, 0.4) is 0 Å². The van der Waals surface area contributed by atoms with Crippen LogP contribution in [-0.2, 0) is 20.3 Å². The number of hydrogen-bond donors (Lipinski definition) is 0. The predicted molar refractivity (Wildman–Crippen MR) is 249 cm³/mol. The van der Waals surface area contributed by atoms with Gasteiger partial charge < -0.3 is 24.8 Å². The Kier molecular flexibility index (Phi) is 10.1. The van der Waals surface area contributed by atoms with Gasteiger partial charge in [0, 0.05) is 0 Å². The van der Waals surface area contributed by atoms with Gasteiger partial charge in [-0.3, -0.25) is 0 Å². The van der Waals surface area contributed by atoms with Crippen LogP contribution < -0.4 is 24.8 Å². The van der Waals surface area contributed by atoms with E-state index in [9.17, 15) is 0 Å². The molecule has 61 heavy (non-hydrogen) atoms. The number of rotatable bonds is 6. The zero-order valence-corrected chi connectivity index (χ0v) is 38.6. The van der Waals surface area contributed by atoms with E-state index in [0.29, 0.717) is 7.25 Å². The molecular formula is C58H50Cl2Zr. The van der Waals surface area contributed by atoms with Crippen molar-refractivity contribution < 1.29 is 45.1 Å². The summed E-state index contributed by atoms with van der Waals surface area (Å²) < 4.78 is 4.34. The first kappa shape index (κ1) is 39.6. The molecule has 2 unspecified atom stereocenters. The Labute approximate surface area is 377 Å². The van der Waals surface area contributed by atoms with Crippen LogP contribution in [-0.4, -0.2) is 0 Å². The summed E-state index contributed by atoms with van der Waals surface area (Å²) in [5, 5.41) is 10.9. The van der Waals surface area contributed by atoms with Crippen molar-refractivity contribution in [2.24, 2.45) is 11.8 Å². The third-order valence-corrected chi connectivity index (χ3v) is 28.8. The van der Waals surface area contributed by atoms with Gasteiger partial charge in [0.05, 0.1) is 0 Å². The van der Waals surface area contributed by atoms with Crippen LogP contribution in [0.5, 0.6) is 0 Å². The number of fused-ring (bicyclic) bond motifs is 6. The molecule has 0 amide bonds. The third kappa shape index (κ3) is 6.08. The minimum Gasteiger partial charge on any atom is -1.00 e. The fourth-order valence-corrected chi connectivity index (χ4v) is 31.0. The minimum absolute atomic E-state index is 0. The molecule has 0 radical (unpaired) electrons. The first-order valence-corrected chi connectivity index (χ1v) is 29.1. The van der Waals surface area contributed by atoms with Crippen molar-refractivity contribution in [3.05, 3.63) is 179 Å². The van der Waals surface area contributed by atoms with Crippen LogP contribution in [0.1, 0.15) is 80.9 Å². The molecule has 300 valence electrons. The number of halogens is 2. The van der Waals surface area contributed by atoms with Crippen LogP contribution in [0.2, 0.25) is 8.26 Å². The van der Waals surface area contributed by atoms with E-state index >= 15 is 0 Å². The third-order valence-electron chi connectivity index (χ3n) is 15.9. The summed E-state index contributed by atoms with van der Waals surface area (Å²) >= 11 is -3.05. The van der Waals surface area contributed by atoms with E-state index in [1.807, 2.05) is 11.1 Å². The van der Waals surface area contributed by atoms with Crippen LogP contribution in [0.15, 0.2) is 157 Å². The van der Waals surface area contributed by atoms with E-state index < -0.39 is 20.3 Å². The van der Waals surface area contributed by atoms with Gasteiger partial charge in [-0.25, -0.2) is 0 Å². The van der Waals surface area contributed by atoms with E-state index in [4.69, 9.17) is 0 Å². The molecule has 0 bridgehead atoms. The van der Waals surface area contributed by atoms with E-state index in [0.717, 1.165) is 11.8 Å². The average molecular weight is 909 g/mol. The molecule has 2 atom stereocenters. The van der Waals surface area contributed by atoms with Gasteiger partial charge in [-0.15, -0.1) is 0 Å². The Morgan fingerprint density at radius 3 is 1.07 bits per heavy atom. The molecule has 0 N–H and O–H groups in total. The van der Waals surface area contributed by atoms with Crippen LogP contribution in [0.4, 0.5) is 0 Å². The molecule has 5 aliphatic rings. The van der Waals surface area contributed by atoms with E-state index in [1.54, 1.807) is 22.3 Å². The topological polar surface area (TPSA) is 0 Å². The van der Waals surface area contributed by atoms with E-state index in [1.165, 1.54) is 125 Å². The first-order chi connectivity index (χ1) is 29.2. The molecular weight excluding hydrogens is 859 g/mol. The van der Waals surface area contributed by atoms with Gasteiger partial charge in [-0.2, -0.15) is 0 Å². The zero-order chi connectivity index (χ0) is 38.7. The zero-order valence-electron chi connectivity index (χ0n) is 34.6. The summed E-state index contributed by atoms with van der Waals surface area (Å²) in [4.78, 5) is 0. The largest absolute Gasteiger partial charge is 1.00 e. The molecule has 3 fully saturated rings. The number of allylic oxidation sites excluding steroid dienone is 2. The maximum absolute atomic E-state index is 3.05. The number of benzene rings is 8. The van der Waals surface area contributed by atoms with Gasteiger partial charge in [0.25, 0.3) is 0 Å². The summed E-state index contributed by atoms with van der Waals surface area (Å²) in [6.07, 6.45) is 16.6. The Morgan fingerprint density at radius 2 is 0.721 bits per heavy atom. The van der Waals surface area contributed by atoms with E-state index in [-0.39, 0.29) is 24.8 Å². The van der Waals surface area contributed by atoms with Crippen LogP contribution in [0, 0.1) is 11.8 Å². The Morgan fingerprint density at radius 1 is 0.377 bits per heavy atom. The van der Waals surface area contributed by atoms with Crippen molar-refractivity contribution in [3.63, 3.8) is 0 Å². The van der Waals surface area contributed by atoms with Gasteiger partial charge in [-0.05, 0) is 0 Å². The van der Waals surface area contributed by atoms with Gasteiger partial charge in [-0.1, -0.05) is 0 Å². The second kappa shape index (κ2) is 15.5. The molecule has 1 saturated heterocycles. The van der Waals surface area contributed by atoms with Gasteiger partial charge in [0.2, 0.25) is 0 Å². The predicted octanol–water partition coefficient (Wildman–Crippen LogP) is 10.6. The molecule has 1 heterocycles. The molecule has 0 aromatic heterocycles. The molecule has 2 saturated carbocycles. The summed E-state index contributed by atoms with van der Waals surface area (Å²) in [5.41, 5.74) is 16.0. The average Bonchev–Trinajstić information content (AvgIpc) is 3.82. The van der Waals surface area contributed by atoms with Crippen molar-refractivity contribution in [2.45, 2.75) is 66.9 Å². The Bertz CT molecular complexity index is 2790. The monoisotopic (exact) mass is 906 g/mol. The summed E-state index contributed by atoms with van der Waals surface area (Å²) in [6, 6.07) is 56.4. The normalized spacial score (nSPS) is 19.9. The quantitative estimate of drug-likeness (QED) is 0.146. The molecule has 8 aromatic rings. The smallest absolute Gasteiger partial charge is 1.00 e. The van der Waals surface area contributed by atoms with Crippen LogP contribution >= 0.6 is 0 Å². The number of hydrogen-bond acceptors (Lipinski definition) is 0. The molecule has 0 spiro atoms. The SMILES string of the molecule is C1=C(C2CCCC2)[CH]([Zr+2]2([CH]3C(C4CCCC4)=Cc4c(-c5c6ccccc6cc6ccccc56)cccc43)[CH2][CH2]2)c2cccc(-c3c4ccccc4cc4ccccc34)c21.[Cl-].[Cl-]. The fraction of sp³-hybridized carbons (Fsp3) is 0.241. The Hall–Kier alpha value is -4.26.